The van der Waals surface area contributed by atoms with Gasteiger partial charge in [-0.05, 0) is 12.8 Å². The Kier molecular flexibility index (Phi) is 38.0. The van der Waals surface area contributed by atoms with E-state index in [1.165, 1.54) is 173 Å². The van der Waals surface area contributed by atoms with Gasteiger partial charge in [-0.1, -0.05) is 226 Å². The first kappa shape index (κ1) is 48.3. The van der Waals surface area contributed by atoms with Crippen molar-refractivity contribution in [3.63, 3.8) is 0 Å². The van der Waals surface area contributed by atoms with Crippen LogP contribution in [0.15, 0.2) is 0 Å². The minimum Gasteiger partial charge on any atom is -0.394 e. The summed E-state index contributed by atoms with van der Waals surface area (Å²) in [5.74, 6) is -0.580. The average Bonchev–Trinajstić information content (AvgIpc) is 3.11. The molecule has 0 saturated carbocycles. The lowest BCUT2D eigenvalue weighted by molar-refractivity contribution is -0.132. The van der Waals surface area contributed by atoms with Gasteiger partial charge in [0, 0.05) is 0 Å². The van der Waals surface area contributed by atoms with Gasteiger partial charge in [-0.3, -0.25) is 4.79 Å². The molecular formula is C43H87NO5. The van der Waals surface area contributed by atoms with Crippen molar-refractivity contribution in [1.82, 2.24) is 5.32 Å². The molecule has 294 valence electrons. The maximum absolute atomic E-state index is 12.5. The average molecular weight is 698 g/mol. The van der Waals surface area contributed by atoms with Gasteiger partial charge in [-0.25, -0.2) is 0 Å². The van der Waals surface area contributed by atoms with E-state index in [0.717, 1.165) is 38.5 Å². The largest absolute Gasteiger partial charge is 0.394 e. The van der Waals surface area contributed by atoms with Crippen LogP contribution in [0.2, 0.25) is 0 Å². The summed E-state index contributed by atoms with van der Waals surface area (Å²) in [5.41, 5.74) is 0. The standard InChI is InChI=1S/C43H87NO5/c1-3-5-7-9-11-13-15-17-18-19-20-21-22-23-24-25-27-29-31-33-35-37-41(47)43(49)44-39(38-45)42(48)40(46)36-34-32-30-28-26-16-14-12-10-8-6-4-2/h39-42,45-48H,3-38H2,1-2H3,(H,44,49)/t39-,40+,41+,42-/m0/s1. The molecule has 0 fully saturated rings. The van der Waals surface area contributed by atoms with Gasteiger partial charge in [0.2, 0.25) is 5.91 Å². The van der Waals surface area contributed by atoms with Crippen molar-refractivity contribution in [1.29, 1.82) is 0 Å². The number of carbonyl (C=O) groups is 1. The summed E-state index contributed by atoms with van der Waals surface area (Å²) in [6.07, 6.45) is 39.9. The molecule has 0 aliphatic rings. The predicted molar refractivity (Wildman–Crippen MR) is 210 cm³/mol. The van der Waals surface area contributed by atoms with E-state index in [1.807, 2.05) is 0 Å². The number of nitrogens with one attached hydrogen (secondary N) is 1. The Bertz CT molecular complexity index is 662. The first-order valence-electron chi connectivity index (χ1n) is 21.9. The second-order valence-corrected chi connectivity index (χ2v) is 15.4. The third kappa shape index (κ3) is 32.9. The van der Waals surface area contributed by atoms with Crippen LogP contribution >= 0.6 is 0 Å². The highest BCUT2D eigenvalue weighted by atomic mass is 16.3. The van der Waals surface area contributed by atoms with Crippen molar-refractivity contribution in [2.24, 2.45) is 0 Å². The molecule has 0 rings (SSSR count). The van der Waals surface area contributed by atoms with Crippen LogP contribution in [-0.2, 0) is 4.79 Å². The molecule has 4 atom stereocenters. The number of aliphatic hydroxyl groups is 4. The molecule has 0 heterocycles. The minimum atomic E-state index is -1.25. The number of hydrogen-bond acceptors (Lipinski definition) is 5. The van der Waals surface area contributed by atoms with E-state index in [4.69, 9.17) is 0 Å². The van der Waals surface area contributed by atoms with E-state index in [1.54, 1.807) is 0 Å². The van der Waals surface area contributed by atoms with Crippen LogP contribution in [0, 0.1) is 0 Å². The number of unbranched alkanes of at least 4 members (excludes halogenated alkanes) is 31. The Hall–Kier alpha value is -0.690. The first-order chi connectivity index (χ1) is 24.0. The summed E-state index contributed by atoms with van der Waals surface area (Å²) in [6, 6.07) is -0.978. The quantitative estimate of drug-likeness (QED) is 0.0409. The Labute approximate surface area is 305 Å². The van der Waals surface area contributed by atoms with Crippen LogP contribution in [0.5, 0.6) is 0 Å². The van der Waals surface area contributed by atoms with Crippen LogP contribution < -0.4 is 5.32 Å². The summed E-state index contributed by atoms with van der Waals surface area (Å²) in [4.78, 5) is 12.5. The summed E-state index contributed by atoms with van der Waals surface area (Å²) in [7, 11) is 0. The molecule has 0 aromatic heterocycles. The van der Waals surface area contributed by atoms with Crippen molar-refractivity contribution >= 4 is 5.91 Å². The SMILES string of the molecule is CCCCCCCCCCCCCCCCCCCCCCC[C@@H](O)C(=O)N[C@@H](CO)[C@H](O)[C@H](O)CCCCCCCCCCCCCC. The smallest absolute Gasteiger partial charge is 0.249 e. The molecule has 6 heteroatoms. The fraction of sp³-hybridized carbons (Fsp3) is 0.977. The van der Waals surface area contributed by atoms with Gasteiger partial charge in [0.15, 0.2) is 0 Å². The van der Waals surface area contributed by atoms with E-state index >= 15 is 0 Å². The Balaban J connectivity index is 3.66. The van der Waals surface area contributed by atoms with Crippen LogP contribution in [-0.4, -0.2) is 57.3 Å². The Morgan fingerprint density at radius 3 is 0.980 bits per heavy atom. The topological polar surface area (TPSA) is 110 Å². The van der Waals surface area contributed by atoms with Crippen molar-refractivity contribution in [2.75, 3.05) is 6.61 Å². The zero-order valence-electron chi connectivity index (χ0n) is 33.0. The summed E-state index contributed by atoms with van der Waals surface area (Å²) < 4.78 is 0. The predicted octanol–water partition coefficient (Wildman–Crippen LogP) is 11.2. The molecule has 0 bridgehead atoms. The molecule has 1 amide bonds. The van der Waals surface area contributed by atoms with E-state index in [0.29, 0.717) is 12.8 Å². The fourth-order valence-electron chi connectivity index (χ4n) is 7.05. The summed E-state index contributed by atoms with van der Waals surface area (Å²) in [5, 5.41) is 43.6. The zero-order valence-corrected chi connectivity index (χ0v) is 33.0. The number of rotatable bonds is 40. The maximum atomic E-state index is 12.5. The second-order valence-electron chi connectivity index (χ2n) is 15.4. The molecule has 0 unspecified atom stereocenters. The van der Waals surface area contributed by atoms with Crippen molar-refractivity contribution in [3.8, 4) is 0 Å². The highest BCUT2D eigenvalue weighted by molar-refractivity contribution is 5.80. The number of amides is 1. The lowest BCUT2D eigenvalue weighted by atomic mass is 9.99. The molecule has 0 aliphatic heterocycles. The molecule has 49 heavy (non-hydrogen) atoms. The van der Waals surface area contributed by atoms with Crippen LogP contribution in [0.3, 0.4) is 0 Å². The maximum Gasteiger partial charge on any atom is 0.249 e. The number of carbonyl (C=O) groups excluding carboxylic acids is 1. The monoisotopic (exact) mass is 698 g/mol. The molecule has 0 aliphatic carbocycles. The third-order valence-corrected chi connectivity index (χ3v) is 10.6. The Morgan fingerprint density at radius 2 is 0.694 bits per heavy atom. The molecule has 0 saturated heterocycles. The van der Waals surface area contributed by atoms with Crippen molar-refractivity contribution < 1.29 is 25.2 Å². The zero-order chi connectivity index (χ0) is 36.0. The molecular weight excluding hydrogens is 610 g/mol. The van der Waals surface area contributed by atoms with Crippen molar-refractivity contribution in [3.05, 3.63) is 0 Å². The van der Waals surface area contributed by atoms with Gasteiger partial charge in [-0.15, -0.1) is 0 Å². The molecule has 6 nitrogen and oxygen atoms in total. The highest BCUT2D eigenvalue weighted by Crippen LogP contribution is 2.17. The van der Waals surface area contributed by atoms with Crippen LogP contribution in [0.1, 0.15) is 239 Å². The number of hydrogen-bond donors (Lipinski definition) is 5. The lowest BCUT2D eigenvalue weighted by Crippen LogP contribution is -2.53. The fourth-order valence-corrected chi connectivity index (χ4v) is 7.05. The molecule has 0 aromatic carbocycles. The summed E-state index contributed by atoms with van der Waals surface area (Å²) >= 11 is 0. The highest BCUT2D eigenvalue weighted by Gasteiger charge is 2.28. The minimum absolute atomic E-state index is 0.376. The molecule has 0 spiro atoms. The molecule has 0 aromatic rings. The first-order valence-corrected chi connectivity index (χ1v) is 21.9. The normalized spacial score (nSPS) is 14.2. The van der Waals surface area contributed by atoms with E-state index < -0.39 is 36.9 Å². The van der Waals surface area contributed by atoms with Crippen LogP contribution in [0.25, 0.3) is 0 Å². The lowest BCUT2D eigenvalue weighted by Gasteiger charge is -2.27. The van der Waals surface area contributed by atoms with Gasteiger partial charge in [0.25, 0.3) is 0 Å². The van der Waals surface area contributed by atoms with Gasteiger partial charge in [-0.2, -0.15) is 0 Å². The van der Waals surface area contributed by atoms with Crippen molar-refractivity contribution in [2.45, 2.75) is 263 Å². The third-order valence-electron chi connectivity index (χ3n) is 10.6. The summed E-state index contributed by atoms with van der Waals surface area (Å²) in [6.45, 7) is 4.05. The Morgan fingerprint density at radius 1 is 0.429 bits per heavy atom. The molecule has 5 N–H and O–H groups in total. The second kappa shape index (κ2) is 38.5. The molecule has 0 radical (unpaired) electrons. The van der Waals surface area contributed by atoms with E-state index in [9.17, 15) is 25.2 Å². The van der Waals surface area contributed by atoms with Gasteiger partial charge >= 0.3 is 0 Å². The van der Waals surface area contributed by atoms with Gasteiger partial charge in [0.1, 0.15) is 12.2 Å². The van der Waals surface area contributed by atoms with Gasteiger partial charge in [0.05, 0.1) is 18.8 Å². The van der Waals surface area contributed by atoms with E-state index in [2.05, 4.69) is 19.2 Å². The van der Waals surface area contributed by atoms with Crippen LogP contribution in [0.4, 0.5) is 0 Å². The van der Waals surface area contributed by atoms with E-state index in [-0.39, 0.29) is 0 Å². The number of aliphatic hydroxyl groups excluding tert-OH is 4. The van der Waals surface area contributed by atoms with Gasteiger partial charge < -0.3 is 25.7 Å².